The molecule has 0 saturated carbocycles. The second-order valence-corrected chi connectivity index (χ2v) is 19.0. The molecule has 8 aromatic heterocycles. The normalized spacial score (nSPS) is 10.9. The monoisotopic (exact) mass is 1190 g/mol. The van der Waals surface area contributed by atoms with Gasteiger partial charge in [-0.2, -0.15) is 0 Å². The van der Waals surface area contributed by atoms with Crippen molar-refractivity contribution < 1.29 is 73.8 Å². The number of carboxylic acid groups (broad SMARTS) is 1. The van der Waals surface area contributed by atoms with Crippen molar-refractivity contribution in [3.63, 3.8) is 0 Å². The zero-order chi connectivity index (χ0) is 62.1. The highest BCUT2D eigenvalue weighted by Crippen LogP contribution is 2.29. The topological polar surface area (TPSA) is 238 Å². The summed E-state index contributed by atoms with van der Waals surface area (Å²) in [5.74, 6) is -3.74. The first-order chi connectivity index (χ1) is 41.1. The molecular weight excluding hydrogens is 1130 g/mol. The van der Waals surface area contributed by atoms with Crippen LogP contribution in [0.25, 0.3) is 16.9 Å². The number of pyridine rings is 3. The van der Waals surface area contributed by atoms with Gasteiger partial charge >= 0.3 is 11.9 Å². The molecule has 0 atom stereocenters. The number of Topliss-reactive ketones (excluding diaryl/α,β-unsaturated/α-hetero) is 1. The number of carbonyl (C=O) groups excluding carboxylic acids is 2. The van der Waals surface area contributed by atoms with Crippen molar-refractivity contribution >= 4 is 40.4 Å². The van der Waals surface area contributed by atoms with E-state index in [1.54, 1.807) is 106 Å². The van der Waals surface area contributed by atoms with Gasteiger partial charge in [-0.05, 0) is 128 Å². The van der Waals surface area contributed by atoms with Crippen LogP contribution in [0.1, 0.15) is 101 Å². The summed E-state index contributed by atoms with van der Waals surface area (Å²) in [6.07, 6.45) is 5.02. The first-order valence-electron chi connectivity index (χ1n) is 26.2. The third-order valence-electron chi connectivity index (χ3n) is 13.2. The minimum Gasteiger partial charge on any atom is -0.485 e. The molecule has 0 aliphatic heterocycles. The Labute approximate surface area is 486 Å². The number of anilines is 1. The number of hydrogen-bond donors (Lipinski definition) is 2. The van der Waals surface area contributed by atoms with Gasteiger partial charge in [0.15, 0.2) is 57.1 Å². The zero-order valence-electron chi connectivity index (χ0n) is 47.5. The SMILES string of the molecule is CCOC(=O)c1c(C)nc2c(OCc3c(F)cccc3F)cccn12.Cc1nc2c(OCc3c(F)cccc3F)cccn2c1C(=O)O.Cc1noc(C)c1CC(=O)c1c(C)nc2c(OCc3c(F)cccc3F)cccn12.Cc1noc(C)c1N. The summed E-state index contributed by atoms with van der Waals surface area (Å²) >= 11 is 0. The number of ketones is 1. The molecule has 11 aromatic rings. The summed E-state index contributed by atoms with van der Waals surface area (Å²) in [5, 5.41) is 16.7. The number of carbonyl (C=O) groups is 3. The number of aromatic nitrogens is 8. The smallest absolute Gasteiger partial charge is 0.357 e. The van der Waals surface area contributed by atoms with Gasteiger partial charge in [-0.3, -0.25) is 18.0 Å². The summed E-state index contributed by atoms with van der Waals surface area (Å²) < 4.78 is 119. The van der Waals surface area contributed by atoms with Gasteiger partial charge in [-0.15, -0.1) is 0 Å². The number of hydrogen-bond acceptors (Lipinski definition) is 15. The summed E-state index contributed by atoms with van der Waals surface area (Å²) in [7, 11) is 0. The molecule has 0 aliphatic rings. The number of aromatic carboxylic acids is 1. The Morgan fingerprint density at radius 3 is 1.19 bits per heavy atom. The van der Waals surface area contributed by atoms with Crippen molar-refractivity contribution in [2.45, 2.75) is 81.6 Å². The lowest BCUT2D eigenvalue weighted by Gasteiger charge is -2.09. The first-order valence-corrected chi connectivity index (χ1v) is 26.2. The number of rotatable bonds is 15. The van der Waals surface area contributed by atoms with Gasteiger partial charge in [0, 0.05) is 30.6 Å². The van der Waals surface area contributed by atoms with Crippen LogP contribution < -0.4 is 19.9 Å². The van der Waals surface area contributed by atoms with E-state index in [4.69, 9.17) is 33.7 Å². The third kappa shape index (κ3) is 13.5. The number of nitrogens with two attached hydrogens (primary N) is 1. The highest BCUT2D eigenvalue weighted by atomic mass is 19.2. The van der Waals surface area contributed by atoms with Crippen molar-refractivity contribution in [2.75, 3.05) is 12.3 Å². The van der Waals surface area contributed by atoms with Crippen molar-refractivity contribution in [3.05, 3.63) is 224 Å². The number of nitrogens with zero attached hydrogens (tertiary/aromatic N) is 8. The molecular formula is C61H55F6N9O10. The molecule has 0 fully saturated rings. The van der Waals surface area contributed by atoms with Crippen molar-refractivity contribution in [2.24, 2.45) is 0 Å². The van der Waals surface area contributed by atoms with Gasteiger partial charge < -0.3 is 38.8 Å². The Kier molecular flexibility index (Phi) is 19.2. The fourth-order valence-electron chi connectivity index (χ4n) is 8.79. The number of imidazole rings is 3. The van der Waals surface area contributed by atoms with Crippen LogP contribution in [-0.4, -0.2) is 67.9 Å². The number of nitrogen functional groups attached to an aromatic ring is 1. The molecule has 0 spiro atoms. The van der Waals surface area contributed by atoms with Crippen LogP contribution in [0.3, 0.4) is 0 Å². The van der Waals surface area contributed by atoms with Crippen LogP contribution >= 0.6 is 0 Å². The molecule has 11 rings (SSSR count). The first kappa shape index (κ1) is 61.6. The van der Waals surface area contributed by atoms with Gasteiger partial charge in [0.25, 0.3) is 0 Å². The van der Waals surface area contributed by atoms with E-state index in [0.717, 1.165) is 23.4 Å². The molecule has 446 valence electrons. The molecule has 3 aromatic carbocycles. The van der Waals surface area contributed by atoms with Crippen LogP contribution in [0, 0.1) is 83.4 Å². The molecule has 19 nitrogen and oxygen atoms in total. The fourth-order valence-corrected chi connectivity index (χ4v) is 8.79. The number of esters is 1. The van der Waals surface area contributed by atoms with Gasteiger partial charge in [0.1, 0.15) is 71.9 Å². The highest BCUT2D eigenvalue weighted by Gasteiger charge is 2.24. The Balaban J connectivity index is 0.000000158. The fraction of sp³-hybridized carbons (Fsp3) is 0.213. The predicted molar refractivity (Wildman–Crippen MR) is 299 cm³/mol. The summed E-state index contributed by atoms with van der Waals surface area (Å²) in [6, 6.07) is 20.6. The van der Waals surface area contributed by atoms with Crippen LogP contribution in [-0.2, 0) is 31.0 Å². The lowest BCUT2D eigenvalue weighted by atomic mass is 10.0. The Hall–Kier alpha value is -10.5. The predicted octanol–water partition coefficient (Wildman–Crippen LogP) is 12.3. The van der Waals surface area contributed by atoms with Crippen molar-refractivity contribution in [3.8, 4) is 17.2 Å². The van der Waals surface area contributed by atoms with E-state index < -0.39 is 46.8 Å². The van der Waals surface area contributed by atoms with E-state index in [1.165, 1.54) is 53.1 Å². The van der Waals surface area contributed by atoms with Gasteiger partial charge in [-0.1, -0.05) is 28.5 Å². The highest BCUT2D eigenvalue weighted by molar-refractivity contribution is 5.98. The van der Waals surface area contributed by atoms with Gasteiger partial charge in [0.2, 0.25) is 0 Å². The van der Waals surface area contributed by atoms with E-state index in [9.17, 15) is 45.8 Å². The largest absolute Gasteiger partial charge is 0.485 e. The number of aryl methyl sites for hydroxylation is 7. The maximum atomic E-state index is 13.9. The van der Waals surface area contributed by atoms with Crippen molar-refractivity contribution in [1.29, 1.82) is 0 Å². The second kappa shape index (κ2) is 26.8. The summed E-state index contributed by atoms with van der Waals surface area (Å²) in [4.78, 5) is 49.3. The summed E-state index contributed by atoms with van der Waals surface area (Å²) in [5.41, 5.74) is 10.8. The number of ether oxygens (including phenoxy) is 4. The van der Waals surface area contributed by atoms with Crippen LogP contribution in [0.2, 0.25) is 0 Å². The van der Waals surface area contributed by atoms with E-state index >= 15 is 0 Å². The quantitative estimate of drug-likeness (QED) is 0.0551. The van der Waals surface area contributed by atoms with Gasteiger partial charge in [0.05, 0.1) is 51.8 Å². The maximum Gasteiger partial charge on any atom is 0.357 e. The molecule has 3 N–H and O–H groups in total. The average molecular weight is 1190 g/mol. The lowest BCUT2D eigenvalue weighted by Crippen LogP contribution is -2.10. The second-order valence-electron chi connectivity index (χ2n) is 19.0. The molecule has 0 unspecified atom stereocenters. The number of halogens is 6. The molecule has 0 amide bonds. The molecule has 0 bridgehead atoms. The molecule has 25 heteroatoms. The van der Waals surface area contributed by atoms with E-state index in [1.807, 2.05) is 6.92 Å². The average Bonchev–Trinajstić information content (AvgIpc) is 1.88. The standard InChI is InChI=1S/C22H19F2N3O3.C18H16F2N2O3.C16H12F2N2O3.C5H8N2O/c1-12-15(14(3)30-26-12)10-19(28)21-13(2)25-22-20(8-5-9-27(21)22)29-11-16-17(23)6-4-7-18(16)24;1-3-24-18(23)16-11(2)21-17-15(8-5-9-22(16)17)25-10-12-13(19)6-4-7-14(12)20;1-9-14(16(21)22)20-7-3-6-13(15(20)19-9)23-8-10-11(17)4-2-5-12(10)18;1-3-5(6)4(2)8-7-3/h4-9H,10-11H2,1-3H3;4-9H,3,10H2,1-2H3;2-7H,8H2,1H3,(H,21,22);6H2,1-2H3. The molecule has 0 radical (unpaired) electrons. The number of benzene rings is 3. The van der Waals surface area contributed by atoms with E-state index in [0.29, 0.717) is 74.2 Å². The van der Waals surface area contributed by atoms with Crippen LogP contribution in [0.5, 0.6) is 17.2 Å². The van der Waals surface area contributed by atoms with Crippen LogP contribution in [0.15, 0.2) is 119 Å². The molecule has 0 aliphatic carbocycles. The maximum absolute atomic E-state index is 13.9. The zero-order valence-corrected chi connectivity index (χ0v) is 47.5. The number of carboxylic acids is 1. The summed E-state index contributed by atoms with van der Waals surface area (Å²) in [6.45, 7) is 13.2. The van der Waals surface area contributed by atoms with E-state index in [-0.39, 0.29) is 72.4 Å². The van der Waals surface area contributed by atoms with Crippen molar-refractivity contribution in [1.82, 2.24) is 38.5 Å². The van der Waals surface area contributed by atoms with Crippen LogP contribution in [0.4, 0.5) is 32.0 Å². The van der Waals surface area contributed by atoms with Gasteiger partial charge in [-0.25, -0.2) is 50.9 Å². The Morgan fingerprint density at radius 1 is 0.488 bits per heavy atom. The Bertz CT molecular complexity index is 4200. The minimum absolute atomic E-state index is 0.0162. The molecule has 8 heterocycles. The minimum atomic E-state index is -1.12. The molecule has 0 saturated heterocycles. The lowest BCUT2D eigenvalue weighted by molar-refractivity contribution is 0.0516. The number of fused-ring (bicyclic) bond motifs is 3. The Morgan fingerprint density at radius 2 is 0.849 bits per heavy atom. The third-order valence-corrected chi connectivity index (χ3v) is 13.2. The molecule has 86 heavy (non-hydrogen) atoms. The van der Waals surface area contributed by atoms with E-state index in [2.05, 4.69) is 25.3 Å².